The highest BCUT2D eigenvalue weighted by molar-refractivity contribution is 5.79. The minimum Gasteiger partial charge on any atom is -0.493 e. The van der Waals surface area contributed by atoms with Crippen LogP contribution in [0, 0.1) is 5.92 Å². The summed E-state index contributed by atoms with van der Waals surface area (Å²) >= 11 is 0. The number of ether oxygens (including phenoxy) is 2. The molecule has 1 amide bonds. The summed E-state index contributed by atoms with van der Waals surface area (Å²) in [5.74, 6) is 1.30. The van der Waals surface area contributed by atoms with Crippen molar-refractivity contribution in [1.82, 2.24) is 15.3 Å². The number of carbonyl (C=O) groups excluding carboxylic acids is 1. The Morgan fingerprint density at radius 2 is 1.84 bits per heavy atom. The SMILES string of the molecule is COc1ccc(CCNC(=O)C2CCN(c3cc(C(F)(F)F)ncn3)CC2)cc1OC. The highest BCUT2D eigenvalue weighted by atomic mass is 19.4. The largest absolute Gasteiger partial charge is 0.493 e. The number of methoxy groups -OCH3 is 2. The Bertz CT molecular complexity index is 900. The van der Waals surface area contributed by atoms with Crippen molar-refractivity contribution in [3.05, 3.63) is 41.9 Å². The van der Waals surface area contributed by atoms with Gasteiger partial charge in [0.1, 0.15) is 17.8 Å². The molecule has 10 heteroatoms. The molecule has 1 saturated heterocycles. The van der Waals surface area contributed by atoms with Crippen LogP contribution in [0.5, 0.6) is 11.5 Å². The molecule has 2 heterocycles. The lowest BCUT2D eigenvalue weighted by Crippen LogP contribution is -2.41. The number of nitrogens with one attached hydrogen (secondary N) is 1. The molecule has 3 rings (SSSR count). The molecule has 168 valence electrons. The van der Waals surface area contributed by atoms with Gasteiger partial charge in [0.05, 0.1) is 14.2 Å². The second kappa shape index (κ2) is 9.84. The zero-order chi connectivity index (χ0) is 22.4. The first kappa shape index (κ1) is 22.6. The average molecular weight is 438 g/mol. The van der Waals surface area contributed by atoms with Crippen molar-refractivity contribution in [2.45, 2.75) is 25.4 Å². The molecule has 1 aromatic heterocycles. The maximum Gasteiger partial charge on any atom is 0.433 e. The maximum atomic E-state index is 12.8. The normalized spacial score (nSPS) is 14.9. The minimum absolute atomic E-state index is 0.0428. The molecule has 7 nitrogen and oxygen atoms in total. The van der Waals surface area contributed by atoms with Crippen molar-refractivity contribution in [2.24, 2.45) is 5.92 Å². The van der Waals surface area contributed by atoms with Crippen LogP contribution in [0.2, 0.25) is 0 Å². The number of hydrogen-bond acceptors (Lipinski definition) is 6. The monoisotopic (exact) mass is 438 g/mol. The van der Waals surface area contributed by atoms with E-state index in [-0.39, 0.29) is 17.6 Å². The number of amides is 1. The third-order valence-corrected chi connectivity index (χ3v) is 5.29. The molecule has 0 radical (unpaired) electrons. The molecule has 1 aliphatic heterocycles. The van der Waals surface area contributed by atoms with E-state index in [0.29, 0.717) is 50.4 Å². The first-order chi connectivity index (χ1) is 14.8. The molecular formula is C21H25F3N4O3. The quantitative estimate of drug-likeness (QED) is 0.716. The van der Waals surface area contributed by atoms with Crippen LogP contribution in [0.4, 0.5) is 19.0 Å². The third-order valence-electron chi connectivity index (χ3n) is 5.29. The molecule has 0 bridgehead atoms. The number of piperidine rings is 1. The van der Waals surface area contributed by atoms with Crippen LogP contribution in [0.3, 0.4) is 0 Å². The number of rotatable bonds is 7. The first-order valence-electron chi connectivity index (χ1n) is 9.94. The fourth-order valence-corrected chi connectivity index (χ4v) is 3.56. The van der Waals surface area contributed by atoms with Crippen molar-refractivity contribution in [1.29, 1.82) is 0 Å². The second-order valence-corrected chi connectivity index (χ2v) is 7.25. The average Bonchev–Trinajstić information content (AvgIpc) is 2.78. The zero-order valence-corrected chi connectivity index (χ0v) is 17.4. The highest BCUT2D eigenvalue weighted by Crippen LogP contribution is 2.30. The summed E-state index contributed by atoms with van der Waals surface area (Å²) in [6.07, 6.45) is -1.85. The van der Waals surface area contributed by atoms with E-state index in [1.54, 1.807) is 19.1 Å². The standard InChI is InChI=1S/C21H25F3N4O3/c1-30-16-4-3-14(11-17(16)31-2)5-8-25-20(29)15-6-9-28(10-7-15)19-12-18(21(22,23)24)26-13-27-19/h3-4,11-13,15H,5-10H2,1-2H3,(H,25,29). The molecule has 1 aromatic carbocycles. The van der Waals surface area contributed by atoms with E-state index in [4.69, 9.17) is 9.47 Å². The van der Waals surface area contributed by atoms with Crippen LogP contribution in [0.25, 0.3) is 0 Å². The van der Waals surface area contributed by atoms with Gasteiger partial charge in [0.2, 0.25) is 5.91 Å². The van der Waals surface area contributed by atoms with Gasteiger partial charge in [-0.15, -0.1) is 0 Å². The predicted octanol–water partition coefficient (Wildman–Crippen LogP) is 3.09. The number of benzene rings is 1. The lowest BCUT2D eigenvalue weighted by Gasteiger charge is -2.32. The molecule has 2 aromatic rings. The van der Waals surface area contributed by atoms with Crippen molar-refractivity contribution >= 4 is 11.7 Å². The Morgan fingerprint density at radius 1 is 1.13 bits per heavy atom. The van der Waals surface area contributed by atoms with Gasteiger partial charge in [-0.2, -0.15) is 13.2 Å². The van der Waals surface area contributed by atoms with Crippen LogP contribution in [-0.2, 0) is 17.4 Å². The molecule has 0 saturated carbocycles. The molecule has 1 aliphatic rings. The van der Waals surface area contributed by atoms with Crippen LogP contribution in [0.15, 0.2) is 30.6 Å². The van der Waals surface area contributed by atoms with Crippen molar-refractivity contribution in [3.63, 3.8) is 0 Å². The van der Waals surface area contributed by atoms with E-state index < -0.39 is 11.9 Å². The van der Waals surface area contributed by atoms with E-state index in [1.165, 1.54) is 0 Å². The minimum atomic E-state index is -4.51. The Kier molecular flexibility index (Phi) is 7.19. The Hall–Kier alpha value is -3.04. The van der Waals surface area contributed by atoms with E-state index in [9.17, 15) is 18.0 Å². The summed E-state index contributed by atoms with van der Waals surface area (Å²) in [5.41, 5.74) is 0.0459. The van der Waals surface area contributed by atoms with E-state index in [2.05, 4.69) is 15.3 Å². The predicted molar refractivity (Wildman–Crippen MR) is 108 cm³/mol. The van der Waals surface area contributed by atoms with E-state index in [0.717, 1.165) is 18.0 Å². The van der Waals surface area contributed by atoms with Gasteiger partial charge in [0.25, 0.3) is 0 Å². The summed E-state index contributed by atoms with van der Waals surface area (Å²) in [5, 5.41) is 2.95. The first-order valence-corrected chi connectivity index (χ1v) is 9.94. The van der Waals surface area contributed by atoms with Crippen LogP contribution in [-0.4, -0.2) is 49.7 Å². The Labute approximate surface area is 178 Å². The number of halogens is 3. The molecular weight excluding hydrogens is 413 g/mol. The van der Waals surface area contributed by atoms with Crippen LogP contribution < -0.4 is 19.7 Å². The molecule has 0 aliphatic carbocycles. The molecule has 1 N–H and O–H groups in total. The van der Waals surface area contributed by atoms with Gasteiger partial charge in [-0.3, -0.25) is 4.79 Å². The number of aromatic nitrogens is 2. The Morgan fingerprint density at radius 3 is 2.48 bits per heavy atom. The fourth-order valence-electron chi connectivity index (χ4n) is 3.56. The number of carbonyl (C=O) groups is 1. The summed E-state index contributed by atoms with van der Waals surface area (Å²) < 4.78 is 49.0. The smallest absolute Gasteiger partial charge is 0.433 e. The molecule has 0 atom stereocenters. The van der Waals surface area contributed by atoms with Gasteiger partial charge >= 0.3 is 6.18 Å². The van der Waals surface area contributed by atoms with E-state index in [1.807, 2.05) is 18.2 Å². The number of hydrogen-bond donors (Lipinski definition) is 1. The maximum absolute atomic E-state index is 12.8. The van der Waals surface area contributed by atoms with Crippen LogP contribution >= 0.6 is 0 Å². The van der Waals surface area contributed by atoms with Gasteiger partial charge in [0.15, 0.2) is 11.5 Å². The van der Waals surface area contributed by atoms with Gasteiger partial charge in [-0.1, -0.05) is 6.07 Å². The number of nitrogens with zero attached hydrogens (tertiary/aromatic N) is 3. The fraction of sp³-hybridized carbons (Fsp3) is 0.476. The summed E-state index contributed by atoms with van der Waals surface area (Å²) in [6, 6.07) is 6.57. The summed E-state index contributed by atoms with van der Waals surface area (Å²) in [4.78, 5) is 21.5. The van der Waals surface area contributed by atoms with Gasteiger partial charge in [0, 0.05) is 31.6 Å². The lowest BCUT2D eigenvalue weighted by atomic mass is 9.96. The lowest BCUT2D eigenvalue weighted by molar-refractivity contribution is -0.141. The van der Waals surface area contributed by atoms with Crippen molar-refractivity contribution in [2.75, 3.05) is 38.8 Å². The third kappa shape index (κ3) is 5.77. The van der Waals surface area contributed by atoms with Crippen molar-refractivity contribution in [3.8, 4) is 11.5 Å². The summed E-state index contributed by atoms with van der Waals surface area (Å²) in [7, 11) is 3.14. The molecule has 31 heavy (non-hydrogen) atoms. The summed E-state index contributed by atoms with van der Waals surface area (Å²) in [6.45, 7) is 1.40. The van der Waals surface area contributed by atoms with Gasteiger partial charge in [-0.05, 0) is 37.0 Å². The second-order valence-electron chi connectivity index (χ2n) is 7.25. The highest BCUT2D eigenvalue weighted by Gasteiger charge is 2.34. The topological polar surface area (TPSA) is 76.6 Å². The van der Waals surface area contributed by atoms with E-state index >= 15 is 0 Å². The zero-order valence-electron chi connectivity index (χ0n) is 17.4. The molecule has 1 fully saturated rings. The van der Waals surface area contributed by atoms with Crippen molar-refractivity contribution < 1.29 is 27.4 Å². The molecule has 0 spiro atoms. The van der Waals surface area contributed by atoms with Gasteiger partial charge < -0.3 is 19.7 Å². The number of anilines is 1. The Balaban J connectivity index is 1.47. The number of alkyl halides is 3. The van der Waals surface area contributed by atoms with Crippen LogP contribution in [0.1, 0.15) is 24.1 Å². The van der Waals surface area contributed by atoms with Gasteiger partial charge in [-0.25, -0.2) is 9.97 Å². The molecule has 0 unspecified atom stereocenters.